The molecule has 0 saturated carbocycles. The fraction of sp³-hybridized carbons (Fsp3) is 0.714. The highest BCUT2D eigenvalue weighted by Gasteiger charge is 2.43. The van der Waals surface area contributed by atoms with Crippen molar-refractivity contribution in [3.8, 4) is 0 Å². The van der Waals surface area contributed by atoms with E-state index in [2.05, 4.69) is 6.92 Å². The number of hydrogen-bond acceptors (Lipinski definition) is 2. The topological polar surface area (TPSA) is 74.6 Å². The Kier molecular flexibility index (Phi) is 9.54. The molecule has 0 aromatic rings. The fourth-order valence-corrected chi connectivity index (χ4v) is 3.64. The molecule has 4 nitrogen and oxygen atoms in total. The van der Waals surface area contributed by atoms with Gasteiger partial charge in [-0.15, -0.1) is 0 Å². The maximum Gasteiger partial charge on any atom is 0.331 e. The zero-order valence-corrected chi connectivity index (χ0v) is 15.8. The van der Waals surface area contributed by atoms with Gasteiger partial charge in [0, 0.05) is 11.5 Å². The molecular formula is C21H34O4. The van der Waals surface area contributed by atoms with Crippen LogP contribution >= 0.6 is 0 Å². The van der Waals surface area contributed by atoms with Gasteiger partial charge in [0.15, 0.2) is 0 Å². The number of carboxylic acid groups (broad SMARTS) is 2. The predicted octanol–water partition coefficient (Wildman–Crippen LogP) is 5.59. The van der Waals surface area contributed by atoms with E-state index >= 15 is 0 Å². The number of carboxylic acids is 2. The van der Waals surface area contributed by atoms with Crippen molar-refractivity contribution in [1.82, 2.24) is 0 Å². The van der Waals surface area contributed by atoms with Crippen molar-refractivity contribution in [2.24, 2.45) is 11.3 Å². The first kappa shape index (κ1) is 21.5. The summed E-state index contributed by atoms with van der Waals surface area (Å²) in [6.45, 7) is 3.85. The van der Waals surface area contributed by atoms with Crippen LogP contribution in [-0.2, 0) is 9.59 Å². The Morgan fingerprint density at radius 3 is 1.96 bits per heavy atom. The molecule has 0 fully saturated rings. The van der Waals surface area contributed by atoms with E-state index < -0.39 is 23.3 Å². The van der Waals surface area contributed by atoms with Crippen LogP contribution in [0.15, 0.2) is 23.8 Å². The monoisotopic (exact) mass is 350 g/mol. The molecule has 1 aliphatic rings. The maximum absolute atomic E-state index is 11.7. The lowest BCUT2D eigenvalue weighted by Gasteiger charge is -2.34. The molecule has 1 aliphatic carbocycles. The number of aliphatic carboxylic acids is 2. The first-order valence-corrected chi connectivity index (χ1v) is 9.79. The molecule has 0 aliphatic heterocycles. The maximum atomic E-state index is 11.7. The Morgan fingerprint density at radius 1 is 0.960 bits per heavy atom. The van der Waals surface area contributed by atoms with Crippen LogP contribution in [0.5, 0.6) is 0 Å². The number of rotatable bonds is 13. The van der Waals surface area contributed by atoms with Crippen molar-refractivity contribution >= 4 is 11.9 Å². The highest BCUT2D eigenvalue weighted by atomic mass is 16.4. The summed E-state index contributed by atoms with van der Waals surface area (Å²) < 4.78 is 0. The van der Waals surface area contributed by atoms with Gasteiger partial charge in [0.1, 0.15) is 0 Å². The molecule has 0 heterocycles. The molecule has 2 atom stereocenters. The van der Waals surface area contributed by atoms with Crippen LogP contribution in [0, 0.1) is 11.3 Å². The SMILES string of the molecule is CCCCCCCCCCCCC1C(C(=O)O)=CC=CC1(C)C(=O)O. The van der Waals surface area contributed by atoms with E-state index in [-0.39, 0.29) is 5.57 Å². The van der Waals surface area contributed by atoms with E-state index in [0.29, 0.717) is 6.42 Å². The standard InChI is InChI=1S/C21H34O4/c1-3-4-5-6-7-8-9-10-11-12-15-18-17(19(22)23)14-13-16-21(18,2)20(24)25/h13-14,16,18H,3-12,15H2,1-2H3,(H,22,23)(H,24,25). The van der Waals surface area contributed by atoms with Gasteiger partial charge in [0.2, 0.25) is 0 Å². The van der Waals surface area contributed by atoms with Gasteiger partial charge < -0.3 is 10.2 Å². The summed E-state index contributed by atoms with van der Waals surface area (Å²) in [5.41, 5.74) is -0.898. The molecule has 2 unspecified atom stereocenters. The molecule has 0 amide bonds. The second-order valence-electron chi connectivity index (χ2n) is 7.40. The average molecular weight is 350 g/mol. The molecule has 0 saturated heterocycles. The molecule has 0 aromatic heterocycles. The van der Waals surface area contributed by atoms with Gasteiger partial charge in [-0.3, -0.25) is 4.79 Å². The van der Waals surface area contributed by atoms with Crippen molar-refractivity contribution in [2.75, 3.05) is 0 Å². The molecule has 1 rings (SSSR count). The third kappa shape index (κ3) is 6.68. The lowest BCUT2D eigenvalue weighted by Crippen LogP contribution is -2.38. The van der Waals surface area contributed by atoms with Gasteiger partial charge in [-0.25, -0.2) is 4.79 Å². The lowest BCUT2D eigenvalue weighted by atomic mass is 9.68. The smallest absolute Gasteiger partial charge is 0.331 e. The average Bonchev–Trinajstić information content (AvgIpc) is 2.57. The van der Waals surface area contributed by atoms with E-state index in [9.17, 15) is 19.8 Å². The van der Waals surface area contributed by atoms with E-state index in [0.717, 1.165) is 19.3 Å². The molecule has 2 N–H and O–H groups in total. The van der Waals surface area contributed by atoms with Crippen molar-refractivity contribution in [1.29, 1.82) is 0 Å². The van der Waals surface area contributed by atoms with Crippen molar-refractivity contribution < 1.29 is 19.8 Å². The Balaban J connectivity index is 2.35. The Labute approximate surface area is 152 Å². The Hall–Kier alpha value is -1.58. The number of unbranched alkanes of at least 4 members (excludes halogenated alkanes) is 9. The normalized spacial score (nSPS) is 22.6. The lowest BCUT2D eigenvalue weighted by molar-refractivity contribution is -0.148. The molecule has 4 heteroatoms. The predicted molar refractivity (Wildman–Crippen MR) is 101 cm³/mol. The number of allylic oxidation sites excluding steroid dienone is 2. The van der Waals surface area contributed by atoms with Crippen molar-refractivity contribution in [3.63, 3.8) is 0 Å². The largest absolute Gasteiger partial charge is 0.481 e. The molecule has 142 valence electrons. The van der Waals surface area contributed by atoms with Gasteiger partial charge in [-0.2, -0.15) is 0 Å². The minimum Gasteiger partial charge on any atom is -0.481 e. The second kappa shape index (κ2) is 11.1. The Morgan fingerprint density at radius 2 is 1.48 bits per heavy atom. The summed E-state index contributed by atoms with van der Waals surface area (Å²) in [4.78, 5) is 23.1. The first-order chi connectivity index (χ1) is 11.9. The van der Waals surface area contributed by atoms with Crippen LogP contribution in [0.1, 0.15) is 84.5 Å². The van der Waals surface area contributed by atoms with Gasteiger partial charge in [-0.05, 0) is 13.3 Å². The van der Waals surface area contributed by atoms with E-state index in [1.165, 1.54) is 44.9 Å². The number of hydrogen-bond donors (Lipinski definition) is 2. The molecule has 0 bridgehead atoms. The third-order valence-corrected chi connectivity index (χ3v) is 5.37. The van der Waals surface area contributed by atoms with Crippen LogP contribution in [-0.4, -0.2) is 22.2 Å². The summed E-state index contributed by atoms with van der Waals surface area (Å²) in [5, 5.41) is 18.9. The summed E-state index contributed by atoms with van der Waals surface area (Å²) in [6.07, 6.45) is 17.5. The third-order valence-electron chi connectivity index (χ3n) is 5.37. The molecular weight excluding hydrogens is 316 g/mol. The highest BCUT2D eigenvalue weighted by molar-refractivity contribution is 5.91. The summed E-state index contributed by atoms with van der Waals surface area (Å²) in [7, 11) is 0. The van der Waals surface area contributed by atoms with Gasteiger partial charge >= 0.3 is 11.9 Å². The van der Waals surface area contributed by atoms with Crippen LogP contribution < -0.4 is 0 Å². The summed E-state index contributed by atoms with van der Waals surface area (Å²) >= 11 is 0. The zero-order chi connectivity index (χ0) is 18.7. The highest BCUT2D eigenvalue weighted by Crippen LogP contribution is 2.41. The fourth-order valence-electron chi connectivity index (χ4n) is 3.64. The van der Waals surface area contributed by atoms with E-state index in [1.807, 2.05) is 0 Å². The summed E-state index contributed by atoms with van der Waals surface area (Å²) in [6, 6.07) is 0. The van der Waals surface area contributed by atoms with E-state index in [1.54, 1.807) is 25.2 Å². The van der Waals surface area contributed by atoms with Crippen LogP contribution in [0.2, 0.25) is 0 Å². The van der Waals surface area contributed by atoms with Crippen molar-refractivity contribution in [3.05, 3.63) is 23.8 Å². The first-order valence-electron chi connectivity index (χ1n) is 9.79. The Bertz CT molecular complexity index is 492. The number of carbonyl (C=O) groups is 2. The molecule has 25 heavy (non-hydrogen) atoms. The van der Waals surface area contributed by atoms with Gasteiger partial charge in [0.05, 0.1) is 5.41 Å². The van der Waals surface area contributed by atoms with Gasteiger partial charge in [-0.1, -0.05) is 89.4 Å². The molecule has 0 radical (unpaired) electrons. The minimum atomic E-state index is -1.12. The van der Waals surface area contributed by atoms with Crippen LogP contribution in [0.3, 0.4) is 0 Å². The quantitative estimate of drug-likeness (QED) is 0.425. The van der Waals surface area contributed by atoms with E-state index in [4.69, 9.17) is 0 Å². The molecule has 0 aromatic carbocycles. The molecule has 0 spiro atoms. The second-order valence-corrected chi connectivity index (χ2v) is 7.40. The van der Waals surface area contributed by atoms with Crippen LogP contribution in [0.4, 0.5) is 0 Å². The van der Waals surface area contributed by atoms with Gasteiger partial charge in [0.25, 0.3) is 0 Å². The summed E-state index contributed by atoms with van der Waals surface area (Å²) in [5.74, 6) is -2.41. The van der Waals surface area contributed by atoms with Crippen LogP contribution in [0.25, 0.3) is 0 Å². The minimum absolute atomic E-state index is 0.225. The zero-order valence-electron chi connectivity index (χ0n) is 15.8. The van der Waals surface area contributed by atoms with Crippen molar-refractivity contribution in [2.45, 2.75) is 84.5 Å².